The van der Waals surface area contributed by atoms with Gasteiger partial charge in [0, 0.05) is 24.1 Å². The zero-order valence-corrected chi connectivity index (χ0v) is 16.1. The van der Waals surface area contributed by atoms with Crippen LogP contribution in [0.25, 0.3) is 5.65 Å². The molecule has 2 heterocycles. The van der Waals surface area contributed by atoms with Crippen LogP contribution in [-0.4, -0.2) is 15.3 Å². The lowest BCUT2D eigenvalue weighted by Gasteiger charge is -2.10. The highest BCUT2D eigenvalue weighted by atomic mass is 19.1. The lowest BCUT2D eigenvalue weighted by atomic mass is 10.2. The fourth-order valence-corrected chi connectivity index (χ4v) is 3.00. The molecule has 30 heavy (non-hydrogen) atoms. The van der Waals surface area contributed by atoms with Gasteiger partial charge in [-0.2, -0.15) is 0 Å². The maximum Gasteiger partial charge on any atom is 0.270 e. The molecule has 1 amide bonds. The van der Waals surface area contributed by atoms with E-state index in [9.17, 15) is 14.0 Å². The Kier molecular flexibility index (Phi) is 5.26. The van der Waals surface area contributed by atoms with Crippen molar-refractivity contribution in [1.29, 1.82) is 0 Å². The molecule has 0 atom stereocenters. The van der Waals surface area contributed by atoms with Crippen molar-refractivity contribution >= 4 is 17.2 Å². The number of carbonyl (C=O) groups excluding carboxylic acids is 1. The van der Waals surface area contributed by atoms with Gasteiger partial charge in [-0.3, -0.25) is 14.0 Å². The van der Waals surface area contributed by atoms with Gasteiger partial charge in [0.2, 0.25) is 0 Å². The summed E-state index contributed by atoms with van der Waals surface area (Å²) in [6.07, 6.45) is 2.92. The molecule has 0 aliphatic heterocycles. The Hall–Kier alpha value is -4.00. The minimum atomic E-state index is -0.549. The zero-order valence-electron chi connectivity index (χ0n) is 16.1. The molecule has 0 fully saturated rings. The summed E-state index contributed by atoms with van der Waals surface area (Å²) in [6.45, 7) is 2.06. The van der Waals surface area contributed by atoms with Gasteiger partial charge in [-0.1, -0.05) is 24.3 Å². The van der Waals surface area contributed by atoms with E-state index in [1.54, 1.807) is 42.6 Å². The molecule has 6 nitrogen and oxygen atoms in total. The molecule has 1 N–H and O–H groups in total. The second-order valence-electron chi connectivity index (χ2n) is 6.81. The predicted octanol–water partition coefficient (Wildman–Crippen LogP) is 3.97. The summed E-state index contributed by atoms with van der Waals surface area (Å²) < 4.78 is 20.2. The number of aromatic nitrogens is 2. The number of benzene rings is 2. The third kappa shape index (κ3) is 4.20. The van der Waals surface area contributed by atoms with Crippen LogP contribution in [0.2, 0.25) is 0 Å². The Morgan fingerprint density at radius 3 is 2.80 bits per heavy atom. The minimum absolute atomic E-state index is 0.0560. The number of nitrogens with one attached hydrogen (secondary N) is 1. The fourth-order valence-electron chi connectivity index (χ4n) is 3.00. The number of halogens is 1. The van der Waals surface area contributed by atoms with E-state index in [1.807, 2.05) is 19.1 Å². The van der Waals surface area contributed by atoms with E-state index in [2.05, 4.69) is 10.3 Å². The van der Waals surface area contributed by atoms with Crippen molar-refractivity contribution in [3.8, 4) is 5.75 Å². The minimum Gasteiger partial charge on any atom is -0.489 e. The van der Waals surface area contributed by atoms with Crippen molar-refractivity contribution in [3.63, 3.8) is 0 Å². The molecule has 4 rings (SSSR count). The van der Waals surface area contributed by atoms with Crippen LogP contribution in [0.15, 0.2) is 77.9 Å². The largest absolute Gasteiger partial charge is 0.489 e. The van der Waals surface area contributed by atoms with Gasteiger partial charge in [-0.15, -0.1) is 0 Å². The molecule has 2 aromatic carbocycles. The third-order valence-electron chi connectivity index (χ3n) is 4.48. The predicted molar refractivity (Wildman–Crippen MR) is 111 cm³/mol. The van der Waals surface area contributed by atoms with E-state index in [4.69, 9.17) is 4.74 Å². The monoisotopic (exact) mass is 403 g/mol. The first-order chi connectivity index (χ1) is 14.5. The second kappa shape index (κ2) is 8.16. The summed E-state index contributed by atoms with van der Waals surface area (Å²) in [4.78, 5) is 29.5. The van der Waals surface area contributed by atoms with Crippen LogP contribution in [-0.2, 0) is 6.61 Å². The van der Waals surface area contributed by atoms with Gasteiger partial charge in [-0.05, 0) is 48.4 Å². The van der Waals surface area contributed by atoms with Gasteiger partial charge in [0.1, 0.15) is 29.4 Å². The van der Waals surface area contributed by atoms with Gasteiger partial charge in [0.15, 0.2) is 0 Å². The summed E-state index contributed by atoms with van der Waals surface area (Å²) >= 11 is 0. The number of nitrogens with zero attached hydrogens (tertiary/aromatic N) is 2. The van der Waals surface area contributed by atoms with Crippen LogP contribution in [0.1, 0.15) is 21.5 Å². The van der Waals surface area contributed by atoms with Crippen molar-refractivity contribution in [3.05, 3.63) is 106 Å². The molecule has 150 valence electrons. The van der Waals surface area contributed by atoms with Crippen molar-refractivity contribution in [2.24, 2.45) is 0 Å². The van der Waals surface area contributed by atoms with Gasteiger partial charge in [-0.25, -0.2) is 9.37 Å². The summed E-state index contributed by atoms with van der Waals surface area (Å²) in [5.74, 6) is -0.513. The molecular formula is C23H18FN3O3. The standard InChI is InChI=1S/C23H18FN3O3/c1-15-8-9-21-25-12-20(23(29)27(21)13-15)22(28)26-18-6-2-4-16(10-18)14-30-19-7-3-5-17(24)11-19/h2-13H,14H2,1H3,(H,26,28). The average Bonchev–Trinajstić information content (AvgIpc) is 2.73. The summed E-state index contributed by atoms with van der Waals surface area (Å²) in [7, 11) is 0. The Labute approximate surface area is 171 Å². The van der Waals surface area contributed by atoms with E-state index in [1.165, 1.54) is 22.7 Å². The van der Waals surface area contributed by atoms with Crippen LogP contribution < -0.4 is 15.6 Å². The molecule has 7 heteroatoms. The number of anilines is 1. The Morgan fingerprint density at radius 2 is 1.97 bits per heavy atom. The number of fused-ring (bicyclic) bond motifs is 1. The third-order valence-corrected chi connectivity index (χ3v) is 4.48. The lowest BCUT2D eigenvalue weighted by molar-refractivity contribution is 0.102. The molecule has 0 aliphatic carbocycles. The number of carbonyl (C=O) groups is 1. The van der Waals surface area contributed by atoms with Crippen LogP contribution in [0.4, 0.5) is 10.1 Å². The number of hydrogen-bond donors (Lipinski definition) is 1. The number of aryl methyl sites for hydroxylation is 1. The molecule has 0 saturated heterocycles. The molecule has 4 aromatic rings. The fraction of sp³-hybridized carbons (Fsp3) is 0.0870. The van der Waals surface area contributed by atoms with E-state index in [-0.39, 0.29) is 18.0 Å². The van der Waals surface area contributed by atoms with Crippen LogP contribution >= 0.6 is 0 Å². The second-order valence-corrected chi connectivity index (χ2v) is 6.81. The molecular weight excluding hydrogens is 385 g/mol. The van der Waals surface area contributed by atoms with Crippen molar-refractivity contribution in [2.75, 3.05) is 5.32 Å². The smallest absolute Gasteiger partial charge is 0.270 e. The maximum atomic E-state index is 13.3. The number of rotatable bonds is 5. The zero-order chi connectivity index (χ0) is 21.1. The van der Waals surface area contributed by atoms with Crippen LogP contribution in [0.3, 0.4) is 0 Å². The van der Waals surface area contributed by atoms with Crippen molar-refractivity contribution in [1.82, 2.24) is 9.38 Å². The summed E-state index contributed by atoms with van der Waals surface area (Å²) in [5, 5.41) is 2.72. The lowest BCUT2D eigenvalue weighted by Crippen LogP contribution is -2.26. The summed E-state index contributed by atoms with van der Waals surface area (Å²) in [5.41, 5.74) is 2.15. The molecule has 0 radical (unpaired) electrons. The first-order valence-corrected chi connectivity index (χ1v) is 9.26. The normalized spacial score (nSPS) is 10.7. The molecule has 0 unspecified atom stereocenters. The molecule has 2 aromatic heterocycles. The molecule has 0 saturated carbocycles. The van der Waals surface area contributed by atoms with E-state index >= 15 is 0 Å². The highest BCUT2D eigenvalue weighted by Gasteiger charge is 2.14. The van der Waals surface area contributed by atoms with Crippen molar-refractivity contribution in [2.45, 2.75) is 13.5 Å². The molecule has 0 spiro atoms. The summed E-state index contributed by atoms with van der Waals surface area (Å²) in [6, 6.07) is 16.5. The number of ether oxygens (including phenoxy) is 1. The van der Waals surface area contributed by atoms with Crippen LogP contribution in [0.5, 0.6) is 5.75 Å². The van der Waals surface area contributed by atoms with Gasteiger partial charge >= 0.3 is 0 Å². The number of amides is 1. The molecule has 0 bridgehead atoms. The van der Waals surface area contributed by atoms with E-state index in [0.717, 1.165) is 11.1 Å². The van der Waals surface area contributed by atoms with E-state index in [0.29, 0.717) is 17.1 Å². The first kappa shape index (κ1) is 19.3. The SMILES string of the molecule is Cc1ccc2ncc(C(=O)Nc3cccc(COc4cccc(F)c4)c3)c(=O)n2c1. The van der Waals surface area contributed by atoms with Gasteiger partial charge in [0.05, 0.1) is 0 Å². The van der Waals surface area contributed by atoms with Crippen molar-refractivity contribution < 1.29 is 13.9 Å². The van der Waals surface area contributed by atoms with Gasteiger partial charge < -0.3 is 10.1 Å². The highest BCUT2D eigenvalue weighted by molar-refractivity contribution is 6.03. The quantitative estimate of drug-likeness (QED) is 0.547. The topological polar surface area (TPSA) is 72.7 Å². The average molecular weight is 403 g/mol. The Bertz CT molecular complexity index is 1300. The van der Waals surface area contributed by atoms with Crippen LogP contribution in [0, 0.1) is 12.7 Å². The number of pyridine rings is 1. The Morgan fingerprint density at radius 1 is 1.13 bits per heavy atom. The number of hydrogen-bond acceptors (Lipinski definition) is 4. The highest BCUT2D eigenvalue weighted by Crippen LogP contribution is 2.17. The first-order valence-electron chi connectivity index (χ1n) is 9.26. The Balaban J connectivity index is 1.51. The molecule has 0 aliphatic rings. The maximum absolute atomic E-state index is 13.3. The van der Waals surface area contributed by atoms with Gasteiger partial charge in [0.25, 0.3) is 11.5 Å². The van der Waals surface area contributed by atoms with E-state index < -0.39 is 11.5 Å².